The maximum atomic E-state index is 3.25. The van der Waals surface area contributed by atoms with Crippen LogP contribution in [0.5, 0.6) is 0 Å². The highest BCUT2D eigenvalue weighted by molar-refractivity contribution is 5.30. The summed E-state index contributed by atoms with van der Waals surface area (Å²) in [5, 5.41) is 3.25. The van der Waals surface area contributed by atoms with Crippen LogP contribution >= 0.6 is 0 Å². The highest BCUT2D eigenvalue weighted by atomic mass is 15.0. The highest BCUT2D eigenvalue weighted by Gasteiger charge is 2.28. The van der Waals surface area contributed by atoms with Gasteiger partial charge < -0.3 is 5.32 Å². The number of fused-ring (bicyclic) bond motifs is 1. The van der Waals surface area contributed by atoms with E-state index < -0.39 is 0 Å². The Kier molecular flexibility index (Phi) is 0.278. The van der Waals surface area contributed by atoms with Gasteiger partial charge in [-0.05, 0) is 6.42 Å². The molecule has 0 bridgehead atoms. The Labute approximate surface area is 37.0 Å². The van der Waals surface area contributed by atoms with Crippen molar-refractivity contribution in [3.8, 4) is 0 Å². The first-order valence-corrected chi connectivity index (χ1v) is 2.42. The van der Waals surface area contributed by atoms with Crippen molar-refractivity contribution in [1.29, 1.82) is 0 Å². The summed E-state index contributed by atoms with van der Waals surface area (Å²) in [6, 6.07) is 0. The van der Waals surface area contributed by atoms with Crippen molar-refractivity contribution in [2.75, 3.05) is 6.54 Å². The van der Waals surface area contributed by atoms with Crippen molar-refractivity contribution in [3.63, 3.8) is 0 Å². The van der Waals surface area contributed by atoms with Gasteiger partial charge in [-0.15, -0.1) is 0 Å². The van der Waals surface area contributed by atoms with Crippen molar-refractivity contribution in [2.24, 2.45) is 5.92 Å². The van der Waals surface area contributed by atoms with Crippen LogP contribution in [0.25, 0.3) is 0 Å². The van der Waals surface area contributed by atoms with E-state index in [2.05, 4.69) is 11.4 Å². The second-order valence-corrected chi connectivity index (χ2v) is 1.94. The molecule has 1 aliphatic heterocycles. The van der Waals surface area contributed by atoms with Crippen LogP contribution < -0.4 is 5.32 Å². The Morgan fingerprint density at radius 2 is 2.83 bits per heavy atom. The predicted octanol–water partition coefficient (Wildman–Crippen LogP) is 0.493. The molecule has 1 N–H and O–H groups in total. The molecule has 1 fully saturated rings. The SMILES string of the molecule is C1=C2NCCC12. The molecule has 6 heavy (non-hydrogen) atoms. The first-order valence-electron chi connectivity index (χ1n) is 2.42. The van der Waals surface area contributed by atoms with E-state index in [4.69, 9.17) is 0 Å². The fraction of sp³-hybridized carbons (Fsp3) is 0.600. The van der Waals surface area contributed by atoms with Gasteiger partial charge in [0.25, 0.3) is 0 Å². The van der Waals surface area contributed by atoms with Gasteiger partial charge in [-0.2, -0.15) is 0 Å². The van der Waals surface area contributed by atoms with Crippen molar-refractivity contribution < 1.29 is 0 Å². The van der Waals surface area contributed by atoms with E-state index in [0.29, 0.717) is 0 Å². The van der Waals surface area contributed by atoms with Crippen molar-refractivity contribution in [3.05, 3.63) is 11.8 Å². The number of hydrogen-bond acceptors (Lipinski definition) is 1. The minimum absolute atomic E-state index is 0.894. The quantitative estimate of drug-likeness (QED) is 0.447. The zero-order valence-corrected chi connectivity index (χ0v) is 3.57. The van der Waals surface area contributed by atoms with Crippen molar-refractivity contribution in [2.45, 2.75) is 6.42 Å². The van der Waals surface area contributed by atoms with Crippen LogP contribution in [0.3, 0.4) is 0 Å². The molecule has 0 aromatic heterocycles. The summed E-state index contributed by atoms with van der Waals surface area (Å²) in [5.74, 6) is 0.894. The van der Waals surface area contributed by atoms with Gasteiger partial charge in [-0.1, -0.05) is 6.08 Å². The number of hydrogen-bond donors (Lipinski definition) is 1. The van der Waals surface area contributed by atoms with E-state index in [1.165, 1.54) is 18.7 Å². The van der Waals surface area contributed by atoms with E-state index in [0.717, 1.165) is 5.92 Å². The predicted molar refractivity (Wildman–Crippen MR) is 24.2 cm³/mol. The average Bonchev–Trinajstić information content (AvgIpc) is 2.17. The van der Waals surface area contributed by atoms with Crippen LogP contribution in [-0.4, -0.2) is 6.54 Å². The molecule has 1 heterocycles. The normalized spacial score (nSPS) is 37.3. The van der Waals surface area contributed by atoms with E-state index in [1.54, 1.807) is 0 Å². The van der Waals surface area contributed by atoms with Crippen LogP contribution in [0, 0.1) is 5.92 Å². The first-order chi connectivity index (χ1) is 2.97. The minimum Gasteiger partial charge on any atom is -0.388 e. The first kappa shape index (κ1) is 2.67. The zero-order valence-electron chi connectivity index (χ0n) is 3.57. The van der Waals surface area contributed by atoms with Crippen LogP contribution in [0.4, 0.5) is 0 Å². The van der Waals surface area contributed by atoms with Gasteiger partial charge >= 0.3 is 0 Å². The molecule has 0 saturated carbocycles. The van der Waals surface area contributed by atoms with Gasteiger partial charge in [0.15, 0.2) is 0 Å². The van der Waals surface area contributed by atoms with Crippen LogP contribution in [0.2, 0.25) is 0 Å². The number of allylic oxidation sites excluding steroid dienone is 2. The van der Waals surface area contributed by atoms with Gasteiger partial charge in [-0.25, -0.2) is 0 Å². The fourth-order valence-corrected chi connectivity index (χ4v) is 0.969. The Balaban J connectivity index is 2.22. The zero-order chi connectivity index (χ0) is 3.98. The third-order valence-corrected chi connectivity index (χ3v) is 1.46. The van der Waals surface area contributed by atoms with E-state index in [9.17, 15) is 0 Å². The molecule has 1 heteroatoms. The molecule has 1 unspecified atom stereocenters. The van der Waals surface area contributed by atoms with E-state index in [1.807, 2.05) is 0 Å². The smallest absolute Gasteiger partial charge is 0.0200 e. The lowest BCUT2D eigenvalue weighted by atomic mass is 10.3. The lowest BCUT2D eigenvalue weighted by Crippen LogP contribution is -1.99. The molecular formula is C5H7N. The number of rotatable bonds is 0. The van der Waals surface area contributed by atoms with Crippen molar-refractivity contribution in [1.82, 2.24) is 5.32 Å². The van der Waals surface area contributed by atoms with Gasteiger partial charge in [-0.3, -0.25) is 0 Å². The summed E-state index contributed by atoms with van der Waals surface area (Å²) in [5.41, 5.74) is 1.50. The molecular weight excluding hydrogens is 74.1 g/mol. The van der Waals surface area contributed by atoms with E-state index >= 15 is 0 Å². The molecule has 0 aromatic carbocycles. The maximum Gasteiger partial charge on any atom is 0.0200 e. The van der Waals surface area contributed by atoms with Gasteiger partial charge in [0, 0.05) is 18.2 Å². The lowest BCUT2D eigenvalue weighted by molar-refractivity contribution is 0.834. The van der Waals surface area contributed by atoms with Crippen LogP contribution in [-0.2, 0) is 0 Å². The molecule has 1 aliphatic carbocycles. The molecule has 2 aliphatic rings. The number of nitrogens with one attached hydrogen (secondary N) is 1. The fourth-order valence-electron chi connectivity index (χ4n) is 0.969. The van der Waals surface area contributed by atoms with E-state index in [-0.39, 0.29) is 0 Å². The molecule has 0 amide bonds. The second kappa shape index (κ2) is 0.625. The molecule has 1 nitrogen and oxygen atoms in total. The van der Waals surface area contributed by atoms with Crippen LogP contribution in [0.15, 0.2) is 11.8 Å². The molecule has 0 radical (unpaired) electrons. The third kappa shape index (κ3) is 0.171. The second-order valence-electron chi connectivity index (χ2n) is 1.94. The summed E-state index contributed by atoms with van der Waals surface area (Å²) in [7, 11) is 0. The largest absolute Gasteiger partial charge is 0.388 e. The standard InChI is InChI=1S/C5H7N/c1-2-6-5-3-4(1)5/h3-4,6H,1-2H2. The Hall–Kier alpha value is -0.460. The summed E-state index contributed by atoms with van der Waals surface area (Å²) >= 11 is 0. The molecule has 1 atom stereocenters. The highest BCUT2D eigenvalue weighted by Crippen LogP contribution is 2.33. The average molecular weight is 81.1 g/mol. The molecule has 1 saturated heterocycles. The summed E-state index contributed by atoms with van der Waals surface area (Å²) < 4.78 is 0. The third-order valence-electron chi connectivity index (χ3n) is 1.46. The Morgan fingerprint density at radius 1 is 1.83 bits per heavy atom. The summed E-state index contributed by atoms with van der Waals surface area (Å²) in [6.45, 7) is 1.22. The topological polar surface area (TPSA) is 12.0 Å². The van der Waals surface area contributed by atoms with Gasteiger partial charge in [0.05, 0.1) is 0 Å². The van der Waals surface area contributed by atoms with Crippen LogP contribution in [0.1, 0.15) is 6.42 Å². The maximum absolute atomic E-state index is 3.25. The Bertz CT molecular complexity index is 105. The van der Waals surface area contributed by atoms with Gasteiger partial charge in [0.1, 0.15) is 0 Å². The monoisotopic (exact) mass is 81.1 g/mol. The molecule has 0 spiro atoms. The lowest BCUT2D eigenvalue weighted by Gasteiger charge is -1.82. The summed E-state index contributed by atoms with van der Waals surface area (Å²) in [6.07, 6.45) is 3.64. The minimum atomic E-state index is 0.894. The van der Waals surface area contributed by atoms with Gasteiger partial charge in [0.2, 0.25) is 0 Å². The Morgan fingerprint density at radius 3 is 3.00 bits per heavy atom. The summed E-state index contributed by atoms with van der Waals surface area (Å²) in [4.78, 5) is 0. The molecule has 0 aromatic rings. The molecule has 32 valence electrons. The molecule has 2 rings (SSSR count). The van der Waals surface area contributed by atoms with Crippen molar-refractivity contribution >= 4 is 0 Å².